The Morgan fingerprint density at radius 2 is 2.05 bits per heavy atom. The van der Waals surface area contributed by atoms with E-state index in [2.05, 4.69) is 17.6 Å². The van der Waals surface area contributed by atoms with Gasteiger partial charge in [0.1, 0.15) is 0 Å². The molecule has 5 heteroatoms. The first-order valence-corrected chi connectivity index (χ1v) is 7.87. The van der Waals surface area contributed by atoms with Crippen LogP contribution in [0.2, 0.25) is 0 Å². The Morgan fingerprint density at radius 1 is 1.32 bits per heavy atom. The predicted octanol–water partition coefficient (Wildman–Crippen LogP) is 1.77. The predicted molar refractivity (Wildman–Crippen MR) is 85.5 cm³/mol. The Bertz CT molecular complexity index is 553. The van der Waals surface area contributed by atoms with E-state index in [-0.39, 0.29) is 12.6 Å². The molecule has 0 bridgehead atoms. The third kappa shape index (κ3) is 4.31. The van der Waals surface area contributed by atoms with Gasteiger partial charge in [-0.1, -0.05) is 13.0 Å². The fourth-order valence-corrected chi connectivity index (χ4v) is 2.62. The quantitative estimate of drug-likeness (QED) is 0.701. The van der Waals surface area contributed by atoms with Crippen molar-refractivity contribution in [2.24, 2.45) is 5.92 Å². The van der Waals surface area contributed by atoms with Crippen LogP contribution in [0.15, 0.2) is 18.2 Å². The molecule has 120 valence electrons. The van der Waals surface area contributed by atoms with Crippen molar-refractivity contribution in [2.45, 2.75) is 45.6 Å². The van der Waals surface area contributed by atoms with Crippen LogP contribution in [0.1, 0.15) is 37.3 Å². The molecule has 2 rings (SSSR count). The van der Waals surface area contributed by atoms with Gasteiger partial charge in [0.2, 0.25) is 0 Å². The van der Waals surface area contributed by atoms with Crippen LogP contribution in [-0.4, -0.2) is 29.6 Å². The number of nitrogens with one attached hydrogen (secondary N) is 2. The number of hydrogen-bond donors (Lipinski definition) is 3. The molecule has 2 amide bonds. The van der Waals surface area contributed by atoms with E-state index < -0.39 is 11.8 Å². The summed E-state index contributed by atoms with van der Waals surface area (Å²) < 4.78 is 0. The third-order valence-electron chi connectivity index (χ3n) is 4.14. The highest BCUT2D eigenvalue weighted by molar-refractivity contribution is 6.39. The molecular weight excluding hydrogens is 280 g/mol. The molecule has 0 radical (unpaired) electrons. The van der Waals surface area contributed by atoms with Crippen molar-refractivity contribution in [2.75, 3.05) is 11.9 Å². The summed E-state index contributed by atoms with van der Waals surface area (Å²) in [5.41, 5.74) is 2.95. The maximum atomic E-state index is 12.0. The Labute approximate surface area is 131 Å². The summed E-state index contributed by atoms with van der Waals surface area (Å²) in [4.78, 5) is 24.0. The van der Waals surface area contributed by atoms with Gasteiger partial charge in [0, 0.05) is 18.3 Å². The number of aryl methyl sites for hydroxylation is 2. The highest BCUT2D eigenvalue weighted by atomic mass is 16.3. The van der Waals surface area contributed by atoms with E-state index in [1.807, 2.05) is 19.1 Å². The van der Waals surface area contributed by atoms with E-state index in [0.717, 1.165) is 24.8 Å². The minimum absolute atomic E-state index is 0.0148. The Balaban J connectivity index is 1.94. The molecule has 0 spiro atoms. The lowest BCUT2D eigenvalue weighted by Crippen LogP contribution is -2.43. The van der Waals surface area contributed by atoms with Crippen LogP contribution in [0.3, 0.4) is 0 Å². The molecular formula is C17H24N2O3. The normalized spacial score (nSPS) is 15.2. The van der Waals surface area contributed by atoms with Gasteiger partial charge in [-0.05, 0) is 61.8 Å². The highest BCUT2D eigenvalue weighted by Gasteiger charge is 2.32. The van der Waals surface area contributed by atoms with Crippen molar-refractivity contribution in [3.63, 3.8) is 0 Å². The standard InChI is InChI=1S/C17H24N2O3/c1-3-12-10-14(7-4-11(12)2)18-16(21)17(22)19-15(8-9-20)13-5-6-13/h4,7,10,13,15,20H,3,5-6,8-9H2,1-2H3,(H,18,21)(H,19,22). The maximum absolute atomic E-state index is 12.0. The number of rotatable bonds is 6. The molecule has 0 aromatic heterocycles. The van der Waals surface area contributed by atoms with Crippen LogP contribution in [-0.2, 0) is 16.0 Å². The second-order valence-electron chi connectivity index (χ2n) is 5.88. The summed E-state index contributed by atoms with van der Waals surface area (Å²) in [7, 11) is 0. The van der Waals surface area contributed by atoms with Crippen LogP contribution in [0.25, 0.3) is 0 Å². The second kappa shape index (κ2) is 7.40. The molecule has 1 aliphatic carbocycles. The number of aliphatic hydroxyl groups excluding tert-OH is 1. The van der Waals surface area contributed by atoms with E-state index in [0.29, 0.717) is 18.0 Å². The molecule has 0 aliphatic heterocycles. The van der Waals surface area contributed by atoms with Crippen LogP contribution in [0, 0.1) is 12.8 Å². The van der Waals surface area contributed by atoms with Crippen molar-refractivity contribution in [1.29, 1.82) is 0 Å². The van der Waals surface area contributed by atoms with Gasteiger partial charge in [0.05, 0.1) is 0 Å². The molecule has 1 atom stereocenters. The monoisotopic (exact) mass is 304 g/mol. The first-order chi connectivity index (χ1) is 10.5. The lowest BCUT2D eigenvalue weighted by Gasteiger charge is -2.17. The van der Waals surface area contributed by atoms with E-state index in [1.54, 1.807) is 6.07 Å². The minimum atomic E-state index is -0.658. The van der Waals surface area contributed by atoms with Crippen LogP contribution in [0.4, 0.5) is 5.69 Å². The van der Waals surface area contributed by atoms with Crippen molar-refractivity contribution >= 4 is 17.5 Å². The number of carbonyl (C=O) groups excluding carboxylic acids is 2. The maximum Gasteiger partial charge on any atom is 0.313 e. The zero-order valence-electron chi connectivity index (χ0n) is 13.2. The number of benzene rings is 1. The zero-order chi connectivity index (χ0) is 16.1. The number of aliphatic hydroxyl groups is 1. The fraction of sp³-hybridized carbons (Fsp3) is 0.529. The van der Waals surface area contributed by atoms with Gasteiger partial charge in [-0.3, -0.25) is 9.59 Å². The molecule has 5 nitrogen and oxygen atoms in total. The van der Waals surface area contributed by atoms with Gasteiger partial charge in [-0.25, -0.2) is 0 Å². The summed E-state index contributed by atoms with van der Waals surface area (Å²) in [6.45, 7) is 4.09. The number of amides is 2. The Morgan fingerprint density at radius 3 is 2.64 bits per heavy atom. The van der Waals surface area contributed by atoms with Crippen molar-refractivity contribution < 1.29 is 14.7 Å². The van der Waals surface area contributed by atoms with Gasteiger partial charge >= 0.3 is 11.8 Å². The zero-order valence-corrected chi connectivity index (χ0v) is 13.2. The molecule has 1 saturated carbocycles. The first kappa shape index (κ1) is 16.5. The number of hydrogen-bond acceptors (Lipinski definition) is 3. The Kier molecular flexibility index (Phi) is 5.55. The molecule has 0 saturated heterocycles. The molecule has 0 heterocycles. The van der Waals surface area contributed by atoms with Gasteiger partial charge in [-0.2, -0.15) is 0 Å². The largest absolute Gasteiger partial charge is 0.396 e. The highest BCUT2D eigenvalue weighted by Crippen LogP contribution is 2.33. The number of carbonyl (C=O) groups is 2. The molecule has 1 aromatic rings. The lowest BCUT2D eigenvalue weighted by atomic mass is 10.1. The summed E-state index contributed by atoms with van der Waals surface area (Å²) >= 11 is 0. The minimum Gasteiger partial charge on any atom is -0.396 e. The van der Waals surface area contributed by atoms with E-state index in [4.69, 9.17) is 5.11 Å². The molecule has 1 aliphatic rings. The average molecular weight is 304 g/mol. The van der Waals surface area contributed by atoms with Crippen molar-refractivity contribution in [1.82, 2.24) is 5.32 Å². The molecule has 1 fully saturated rings. The van der Waals surface area contributed by atoms with E-state index in [1.165, 1.54) is 5.56 Å². The topological polar surface area (TPSA) is 78.4 Å². The van der Waals surface area contributed by atoms with E-state index in [9.17, 15) is 9.59 Å². The van der Waals surface area contributed by atoms with Gasteiger partial charge in [0.15, 0.2) is 0 Å². The van der Waals surface area contributed by atoms with Gasteiger partial charge in [0.25, 0.3) is 0 Å². The van der Waals surface area contributed by atoms with Crippen molar-refractivity contribution in [3.05, 3.63) is 29.3 Å². The SMILES string of the molecule is CCc1cc(NC(=O)C(=O)NC(CCO)C2CC2)ccc1C. The van der Waals surface area contributed by atoms with E-state index >= 15 is 0 Å². The average Bonchev–Trinajstić information content (AvgIpc) is 3.33. The summed E-state index contributed by atoms with van der Waals surface area (Å²) in [6, 6.07) is 5.52. The Hall–Kier alpha value is -1.88. The van der Waals surface area contributed by atoms with Crippen LogP contribution < -0.4 is 10.6 Å². The summed E-state index contributed by atoms with van der Waals surface area (Å²) in [5, 5.41) is 14.4. The molecule has 1 aromatic carbocycles. The summed E-state index contributed by atoms with van der Waals surface area (Å²) in [6.07, 6.45) is 3.46. The lowest BCUT2D eigenvalue weighted by molar-refractivity contribution is -0.136. The third-order valence-corrected chi connectivity index (χ3v) is 4.14. The molecule has 22 heavy (non-hydrogen) atoms. The van der Waals surface area contributed by atoms with Gasteiger partial charge < -0.3 is 15.7 Å². The molecule has 3 N–H and O–H groups in total. The molecule has 1 unspecified atom stereocenters. The summed E-state index contributed by atoms with van der Waals surface area (Å²) in [5.74, 6) is -0.895. The second-order valence-corrected chi connectivity index (χ2v) is 5.88. The number of anilines is 1. The van der Waals surface area contributed by atoms with Crippen LogP contribution in [0.5, 0.6) is 0 Å². The fourth-order valence-electron chi connectivity index (χ4n) is 2.62. The van der Waals surface area contributed by atoms with Gasteiger partial charge in [-0.15, -0.1) is 0 Å². The first-order valence-electron chi connectivity index (χ1n) is 7.87. The van der Waals surface area contributed by atoms with Crippen LogP contribution >= 0.6 is 0 Å². The smallest absolute Gasteiger partial charge is 0.313 e. The van der Waals surface area contributed by atoms with Crippen molar-refractivity contribution in [3.8, 4) is 0 Å².